The number of halogens is 2. The molecular weight excluding hydrogens is 354 g/mol. The molecule has 6 nitrogen and oxygen atoms in total. The van der Waals surface area contributed by atoms with Gasteiger partial charge in [-0.25, -0.2) is 8.78 Å². The number of amides is 2. The maximum Gasteiger partial charge on any atom is 0.257 e. The number of aromatic amines is 1. The first kappa shape index (κ1) is 18.5. The molecule has 2 amide bonds. The molecule has 3 rings (SSSR count). The summed E-state index contributed by atoms with van der Waals surface area (Å²) in [5.74, 6) is -3.74. The second-order valence-electron chi connectivity index (χ2n) is 6.45. The zero-order valence-electron chi connectivity index (χ0n) is 14.7. The predicted molar refractivity (Wildman–Crippen MR) is 97.2 cm³/mol. The molecule has 3 aromatic rings. The molecule has 27 heavy (non-hydrogen) atoms. The smallest absolute Gasteiger partial charge is 0.257 e. The lowest BCUT2D eigenvalue weighted by molar-refractivity contribution is -0.118. The van der Waals surface area contributed by atoms with Crippen molar-refractivity contribution in [1.29, 1.82) is 0 Å². The molecule has 140 valence electrons. The third-order valence-corrected chi connectivity index (χ3v) is 4.13. The monoisotopic (exact) mass is 372 g/mol. The quantitative estimate of drug-likeness (QED) is 0.643. The van der Waals surface area contributed by atoms with Crippen molar-refractivity contribution in [2.24, 2.45) is 5.92 Å². The van der Waals surface area contributed by atoms with Gasteiger partial charge in [0.2, 0.25) is 5.91 Å². The molecule has 0 saturated carbocycles. The number of rotatable bonds is 5. The number of hydrogen-bond acceptors (Lipinski definition) is 3. The highest BCUT2D eigenvalue weighted by molar-refractivity contribution is 6.02. The van der Waals surface area contributed by atoms with E-state index in [1.165, 1.54) is 6.07 Å². The highest BCUT2D eigenvalue weighted by Gasteiger charge is 2.27. The lowest BCUT2D eigenvalue weighted by Crippen LogP contribution is -2.47. The van der Waals surface area contributed by atoms with Gasteiger partial charge in [-0.05, 0) is 36.2 Å². The van der Waals surface area contributed by atoms with Crippen LogP contribution in [0, 0.1) is 17.6 Å². The molecule has 0 aliphatic carbocycles. The van der Waals surface area contributed by atoms with Gasteiger partial charge in [-0.2, -0.15) is 5.10 Å². The Morgan fingerprint density at radius 3 is 2.48 bits per heavy atom. The summed E-state index contributed by atoms with van der Waals surface area (Å²) >= 11 is 0. The van der Waals surface area contributed by atoms with E-state index >= 15 is 0 Å². The molecule has 0 unspecified atom stereocenters. The average molecular weight is 372 g/mol. The number of nitrogens with one attached hydrogen (secondary N) is 3. The van der Waals surface area contributed by atoms with Crippen molar-refractivity contribution in [1.82, 2.24) is 15.5 Å². The summed E-state index contributed by atoms with van der Waals surface area (Å²) in [4.78, 5) is 24.9. The maximum absolute atomic E-state index is 13.8. The standard InChI is InChI=1S/C19H18F2N4O2/c1-10(2)17(24-18(26)16-13(20)4-3-5-14(16)21)19(27)23-12-6-7-15-11(8-12)9-22-25-15/h3-10,17H,1-2H3,(H,22,25)(H,23,27)(H,24,26)/t17-/m1/s1. The number of hydrogen-bond donors (Lipinski definition) is 3. The summed E-state index contributed by atoms with van der Waals surface area (Å²) in [6.07, 6.45) is 1.62. The SMILES string of the molecule is CC(C)[C@@H](NC(=O)c1c(F)cccc1F)C(=O)Nc1ccc2[nH]ncc2c1. The number of aromatic nitrogens is 2. The molecule has 0 aliphatic rings. The predicted octanol–water partition coefficient (Wildman–Crippen LogP) is 3.23. The number of benzene rings is 2. The minimum atomic E-state index is -0.985. The summed E-state index contributed by atoms with van der Waals surface area (Å²) in [6.45, 7) is 3.45. The normalized spacial score (nSPS) is 12.2. The molecule has 0 bridgehead atoms. The summed E-state index contributed by atoms with van der Waals surface area (Å²) in [6, 6.07) is 7.35. The second kappa shape index (κ2) is 7.53. The summed E-state index contributed by atoms with van der Waals surface area (Å²) in [5.41, 5.74) is 0.623. The van der Waals surface area contributed by atoms with E-state index in [9.17, 15) is 18.4 Å². The van der Waals surface area contributed by atoms with Gasteiger partial charge in [0.1, 0.15) is 23.2 Å². The van der Waals surface area contributed by atoms with Crippen molar-refractivity contribution < 1.29 is 18.4 Å². The summed E-state index contributed by atoms with van der Waals surface area (Å²) < 4.78 is 27.6. The number of H-pyrrole nitrogens is 1. The topological polar surface area (TPSA) is 86.9 Å². The number of anilines is 1. The van der Waals surface area contributed by atoms with Crippen LogP contribution in [0.4, 0.5) is 14.5 Å². The van der Waals surface area contributed by atoms with Gasteiger partial charge in [-0.3, -0.25) is 14.7 Å². The number of nitrogens with zero attached hydrogens (tertiary/aromatic N) is 1. The van der Waals surface area contributed by atoms with Gasteiger partial charge in [0.25, 0.3) is 5.91 Å². The zero-order chi connectivity index (χ0) is 19.6. The molecule has 2 aromatic carbocycles. The molecule has 1 aromatic heterocycles. The van der Waals surface area contributed by atoms with E-state index < -0.39 is 35.1 Å². The molecule has 8 heteroatoms. The van der Waals surface area contributed by atoms with Crippen LogP contribution in [0.1, 0.15) is 24.2 Å². The van der Waals surface area contributed by atoms with Gasteiger partial charge in [0.15, 0.2) is 0 Å². The Bertz CT molecular complexity index is 980. The fraction of sp³-hybridized carbons (Fsp3) is 0.211. The Hall–Kier alpha value is -3.29. The average Bonchev–Trinajstić information content (AvgIpc) is 3.06. The molecule has 0 spiro atoms. The number of carbonyl (C=O) groups is 2. The van der Waals surface area contributed by atoms with Crippen LogP contribution >= 0.6 is 0 Å². The van der Waals surface area contributed by atoms with Crippen LogP contribution in [0.25, 0.3) is 10.9 Å². The van der Waals surface area contributed by atoms with Gasteiger partial charge in [-0.15, -0.1) is 0 Å². The van der Waals surface area contributed by atoms with Crippen LogP contribution in [0.2, 0.25) is 0 Å². The van der Waals surface area contributed by atoms with Crippen molar-refractivity contribution in [2.75, 3.05) is 5.32 Å². The Labute approximate surface area is 154 Å². The first-order chi connectivity index (χ1) is 12.9. The Morgan fingerprint density at radius 1 is 1.11 bits per heavy atom. The van der Waals surface area contributed by atoms with E-state index in [1.54, 1.807) is 38.2 Å². The van der Waals surface area contributed by atoms with Crippen LogP contribution in [-0.2, 0) is 4.79 Å². The lowest BCUT2D eigenvalue weighted by atomic mass is 10.0. The highest BCUT2D eigenvalue weighted by atomic mass is 19.1. The minimum Gasteiger partial charge on any atom is -0.340 e. The van der Waals surface area contributed by atoms with Gasteiger partial charge < -0.3 is 10.6 Å². The first-order valence-electron chi connectivity index (χ1n) is 8.35. The van der Waals surface area contributed by atoms with Crippen LogP contribution in [0.5, 0.6) is 0 Å². The van der Waals surface area contributed by atoms with Crippen molar-refractivity contribution in [3.8, 4) is 0 Å². The molecular formula is C19H18F2N4O2. The van der Waals surface area contributed by atoms with Crippen molar-refractivity contribution in [3.05, 3.63) is 59.8 Å². The van der Waals surface area contributed by atoms with Crippen molar-refractivity contribution in [2.45, 2.75) is 19.9 Å². The third-order valence-electron chi connectivity index (χ3n) is 4.13. The van der Waals surface area contributed by atoms with Crippen LogP contribution < -0.4 is 10.6 Å². The van der Waals surface area contributed by atoms with Gasteiger partial charge in [-0.1, -0.05) is 19.9 Å². The van der Waals surface area contributed by atoms with E-state index in [2.05, 4.69) is 20.8 Å². The van der Waals surface area contributed by atoms with E-state index in [1.807, 2.05) is 0 Å². The minimum absolute atomic E-state index is 0.304. The van der Waals surface area contributed by atoms with Crippen LogP contribution in [0.3, 0.4) is 0 Å². The number of fused-ring (bicyclic) bond motifs is 1. The van der Waals surface area contributed by atoms with E-state index in [0.29, 0.717) is 5.69 Å². The fourth-order valence-electron chi connectivity index (χ4n) is 2.70. The summed E-state index contributed by atoms with van der Waals surface area (Å²) in [7, 11) is 0. The highest BCUT2D eigenvalue weighted by Crippen LogP contribution is 2.18. The Morgan fingerprint density at radius 2 is 1.81 bits per heavy atom. The van der Waals surface area contributed by atoms with Gasteiger partial charge in [0, 0.05) is 11.1 Å². The molecule has 0 fully saturated rings. The largest absolute Gasteiger partial charge is 0.340 e. The lowest BCUT2D eigenvalue weighted by Gasteiger charge is -2.22. The first-order valence-corrected chi connectivity index (χ1v) is 8.35. The van der Waals surface area contributed by atoms with E-state index in [4.69, 9.17) is 0 Å². The molecule has 1 atom stereocenters. The van der Waals surface area contributed by atoms with Crippen LogP contribution in [-0.4, -0.2) is 28.1 Å². The van der Waals surface area contributed by atoms with E-state index in [0.717, 1.165) is 23.0 Å². The maximum atomic E-state index is 13.8. The van der Waals surface area contributed by atoms with Crippen molar-refractivity contribution >= 4 is 28.4 Å². The molecule has 0 radical (unpaired) electrons. The second-order valence-corrected chi connectivity index (χ2v) is 6.45. The van der Waals surface area contributed by atoms with Crippen LogP contribution in [0.15, 0.2) is 42.6 Å². The van der Waals surface area contributed by atoms with Gasteiger partial charge >= 0.3 is 0 Å². The van der Waals surface area contributed by atoms with Gasteiger partial charge in [0.05, 0.1) is 11.7 Å². The Balaban J connectivity index is 1.78. The molecule has 0 saturated heterocycles. The molecule has 1 heterocycles. The molecule has 3 N–H and O–H groups in total. The third kappa shape index (κ3) is 3.94. The van der Waals surface area contributed by atoms with E-state index in [-0.39, 0.29) is 5.92 Å². The summed E-state index contributed by atoms with van der Waals surface area (Å²) in [5, 5.41) is 12.7. The Kier molecular flexibility index (Phi) is 5.16. The number of carbonyl (C=O) groups excluding carboxylic acids is 2. The fourth-order valence-corrected chi connectivity index (χ4v) is 2.70. The van der Waals surface area contributed by atoms with Crippen molar-refractivity contribution in [3.63, 3.8) is 0 Å². The molecule has 0 aliphatic heterocycles. The zero-order valence-corrected chi connectivity index (χ0v) is 14.7.